The SMILES string of the molecule is CC(Nc1ccccc1)(C(N)=O)c1cc(F)c(Cl)cc1Cl. The van der Waals surface area contributed by atoms with Crippen LogP contribution in [0.5, 0.6) is 0 Å². The molecule has 3 N–H and O–H groups in total. The predicted molar refractivity (Wildman–Crippen MR) is 83.0 cm³/mol. The summed E-state index contributed by atoms with van der Waals surface area (Å²) in [6.07, 6.45) is 0. The van der Waals surface area contributed by atoms with Gasteiger partial charge in [0.1, 0.15) is 11.4 Å². The lowest BCUT2D eigenvalue weighted by Gasteiger charge is -2.30. The van der Waals surface area contributed by atoms with E-state index < -0.39 is 17.3 Å². The number of rotatable bonds is 4. The highest BCUT2D eigenvalue weighted by Crippen LogP contribution is 2.34. The molecule has 0 aliphatic rings. The van der Waals surface area contributed by atoms with Crippen LogP contribution in [-0.2, 0) is 10.3 Å². The minimum Gasteiger partial charge on any atom is -0.368 e. The van der Waals surface area contributed by atoms with Crippen molar-refractivity contribution in [2.45, 2.75) is 12.5 Å². The summed E-state index contributed by atoms with van der Waals surface area (Å²) in [6, 6.07) is 11.3. The Kier molecular flexibility index (Phi) is 4.40. The van der Waals surface area contributed by atoms with Gasteiger partial charge in [0.05, 0.1) is 5.02 Å². The van der Waals surface area contributed by atoms with Crippen molar-refractivity contribution in [3.63, 3.8) is 0 Å². The first-order valence-electron chi connectivity index (χ1n) is 6.13. The van der Waals surface area contributed by atoms with Gasteiger partial charge in [-0.1, -0.05) is 41.4 Å². The smallest absolute Gasteiger partial charge is 0.247 e. The highest BCUT2D eigenvalue weighted by atomic mass is 35.5. The predicted octanol–water partition coefficient (Wildman–Crippen LogP) is 3.95. The number of primary amides is 1. The van der Waals surface area contributed by atoms with Crippen molar-refractivity contribution in [2.24, 2.45) is 5.73 Å². The average molecular weight is 327 g/mol. The Bertz CT molecular complexity index is 679. The van der Waals surface area contributed by atoms with Crippen molar-refractivity contribution in [3.8, 4) is 0 Å². The molecule has 1 amide bonds. The number of para-hydroxylation sites is 1. The Hall–Kier alpha value is -1.78. The molecular weight excluding hydrogens is 314 g/mol. The molecule has 0 radical (unpaired) electrons. The normalized spacial score (nSPS) is 13.5. The average Bonchev–Trinajstić information content (AvgIpc) is 2.43. The number of hydrogen-bond acceptors (Lipinski definition) is 2. The van der Waals surface area contributed by atoms with Gasteiger partial charge in [-0.15, -0.1) is 0 Å². The van der Waals surface area contributed by atoms with Gasteiger partial charge in [0.2, 0.25) is 5.91 Å². The van der Waals surface area contributed by atoms with Crippen molar-refractivity contribution in [3.05, 3.63) is 63.9 Å². The molecule has 2 aromatic carbocycles. The van der Waals surface area contributed by atoms with Gasteiger partial charge in [-0.3, -0.25) is 4.79 Å². The van der Waals surface area contributed by atoms with Gasteiger partial charge in [-0.2, -0.15) is 0 Å². The standard InChI is InChI=1S/C15H13Cl2FN2O/c1-15(14(19)21,20-9-5-3-2-4-6-9)10-7-13(18)12(17)8-11(10)16/h2-8,20H,1H3,(H2,19,21). The lowest BCUT2D eigenvalue weighted by Crippen LogP contribution is -2.45. The van der Waals surface area contributed by atoms with Crippen LogP contribution in [-0.4, -0.2) is 5.91 Å². The van der Waals surface area contributed by atoms with E-state index in [4.69, 9.17) is 28.9 Å². The maximum Gasteiger partial charge on any atom is 0.247 e. The van der Waals surface area contributed by atoms with Crippen molar-refractivity contribution >= 4 is 34.8 Å². The molecule has 0 saturated heterocycles. The third kappa shape index (κ3) is 3.12. The third-order valence-electron chi connectivity index (χ3n) is 3.21. The van der Waals surface area contributed by atoms with Crippen LogP contribution in [0.15, 0.2) is 42.5 Å². The fourth-order valence-corrected chi connectivity index (χ4v) is 2.55. The molecule has 1 unspecified atom stereocenters. The third-order valence-corrected chi connectivity index (χ3v) is 3.81. The summed E-state index contributed by atoms with van der Waals surface area (Å²) in [7, 11) is 0. The van der Waals surface area contributed by atoms with Gasteiger partial charge >= 0.3 is 0 Å². The summed E-state index contributed by atoms with van der Waals surface area (Å²) in [6.45, 7) is 1.54. The molecule has 2 aromatic rings. The molecule has 2 rings (SSSR count). The van der Waals surface area contributed by atoms with Gasteiger partial charge in [0, 0.05) is 16.3 Å². The summed E-state index contributed by atoms with van der Waals surface area (Å²) < 4.78 is 13.7. The van der Waals surface area contributed by atoms with E-state index in [-0.39, 0.29) is 15.6 Å². The lowest BCUT2D eigenvalue weighted by molar-refractivity contribution is -0.122. The Morgan fingerprint density at radius 2 is 1.81 bits per heavy atom. The van der Waals surface area contributed by atoms with Gasteiger partial charge < -0.3 is 11.1 Å². The number of nitrogens with two attached hydrogens (primary N) is 1. The van der Waals surface area contributed by atoms with E-state index in [1.807, 2.05) is 6.07 Å². The second kappa shape index (κ2) is 5.92. The van der Waals surface area contributed by atoms with Crippen molar-refractivity contribution in [1.82, 2.24) is 0 Å². The molecule has 0 heterocycles. The van der Waals surface area contributed by atoms with E-state index in [0.717, 1.165) is 6.07 Å². The summed E-state index contributed by atoms with van der Waals surface area (Å²) in [5.74, 6) is -1.35. The Morgan fingerprint density at radius 1 is 1.19 bits per heavy atom. The molecule has 0 aliphatic heterocycles. The number of carbonyl (C=O) groups is 1. The molecule has 0 aromatic heterocycles. The summed E-state index contributed by atoms with van der Waals surface area (Å²) in [4.78, 5) is 11.9. The summed E-state index contributed by atoms with van der Waals surface area (Å²) in [5, 5.41) is 3.03. The van der Waals surface area contributed by atoms with Crippen LogP contribution < -0.4 is 11.1 Å². The van der Waals surface area contributed by atoms with Crippen LogP contribution in [0.1, 0.15) is 12.5 Å². The first kappa shape index (κ1) is 15.6. The second-order valence-corrected chi connectivity index (χ2v) is 5.54. The van der Waals surface area contributed by atoms with E-state index in [9.17, 15) is 9.18 Å². The molecule has 0 saturated carbocycles. The van der Waals surface area contributed by atoms with Crippen LogP contribution in [0.2, 0.25) is 10.0 Å². The van der Waals surface area contributed by atoms with Crippen LogP contribution in [0.3, 0.4) is 0 Å². The van der Waals surface area contributed by atoms with Crippen LogP contribution in [0.25, 0.3) is 0 Å². The zero-order chi connectivity index (χ0) is 15.6. The van der Waals surface area contributed by atoms with Crippen LogP contribution >= 0.6 is 23.2 Å². The molecule has 110 valence electrons. The van der Waals surface area contributed by atoms with E-state index in [1.165, 1.54) is 13.0 Å². The first-order chi connectivity index (χ1) is 9.84. The molecular formula is C15H13Cl2FN2O. The van der Waals surface area contributed by atoms with Crippen molar-refractivity contribution in [1.29, 1.82) is 0 Å². The number of carbonyl (C=O) groups excluding carboxylic acids is 1. The molecule has 0 bridgehead atoms. The highest BCUT2D eigenvalue weighted by molar-refractivity contribution is 6.35. The number of benzene rings is 2. The molecule has 1 atom stereocenters. The van der Waals surface area contributed by atoms with Crippen molar-refractivity contribution < 1.29 is 9.18 Å². The Labute approximate surface area is 131 Å². The Morgan fingerprint density at radius 3 is 2.38 bits per heavy atom. The molecule has 0 fully saturated rings. The summed E-state index contributed by atoms with van der Waals surface area (Å²) >= 11 is 11.8. The largest absolute Gasteiger partial charge is 0.368 e. The van der Waals surface area contributed by atoms with Crippen molar-refractivity contribution in [2.75, 3.05) is 5.32 Å². The number of halogens is 3. The van der Waals surface area contributed by atoms with Gasteiger partial charge in [0.15, 0.2) is 0 Å². The number of anilines is 1. The Balaban J connectivity index is 2.53. The highest BCUT2D eigenvalue weighted by Gasteiger charge is 2.36. The minimum absolute atomic E-state index is 0.115. The molecule has 6 heteroatoms. The quantitative estimate of drug-likeness (QED) is 0.836. The number of hydrogen-bond donors (Lipinski definition) is 2. The fraction of sp³-hybridized carbons (Fsp3) is 0.133. The van der Waals surface area contributed by atoms with Crippen LogP contribution in [0, 0.1) is 5.82 Å². The minimum atomic E-state index is -1.37. The van der Waals surface area contributed by atoms with Gasteiger partial charge in [-0.05, 0) is 31.2 Å². The van der Waals surface area contributed by atoms with Gasteiger partial charge in [0.25, 0.3) is 0 Å². The lowest BCUT2D eigenvalue weighted by atomic mass is 9.90. The van der Waals surface area contributed by atoms with E-state index in [1.54, 1.807) is 24.3 Å². The fourth-order valence-electron chi connectivity index (χ4n) is 1.98. The maximum absolute atomic E-state index is 13.7. The first-order valence-corrected chi connectivity index (χ1v) is 6.88. The monoisotopic (exact) mass is 326 g/mol. The topological polar surface area (TPSA) is 55.1 Å². The van der Waals surface area contributed by atoms with E-state index in [0.29, 0.717) is 5.69 Å². The van der Waals surface area contributed by atoms with E-state index >= 15 is 0 Å². The van der Waals surface area contributed by atoms with Gasteiger partial charge in [-0.25, -0.2) is 4.39 Å². The number of nitrogens with one attached hydrogen (secondary N) is 1. The zero-order valence-corrected chi connectivity index (χ0v) is 12.7. The molecule has 0 spiro atoms. The number of amides is 1. The van der Waals surface area contributed by atoms with Crippen LogP contribution in [0.4, 0.5) is 10.1 Å². The summed E-state index contributed by atoms with van der Waals surface area (Å²) in [5.41, 5.74) is 5.00. The maximum atomic E-state index is 13.7. The molecule has 0 aliphatic carbocycles. The van der Waals surface area contributed by atoms with E-state index in [2.05, 4.69) is 5.32 Å². The molecule has 21 heavy (non-hydrogen) atoms. The second-order valence-electron chi connectivity index (χ2n) is 4.73. The molecule has 3 nitrogen and oxygen atoms in total. The zero-order valence-electron chi connectivity index (χ0n) is 11.2.